The Bertz CT molecular complexity index is 717. The minimum Gasteiger partial charge on any atom is -0.375 e. The van der Waals surface area contributed by atoms with E-state index in [2.05, 4.69) is 20.2 Å². The number of nitrogens with zero attached hydrogens (tertiary/aromatic N) is 2. The number of ether oxygens (including phenoxy) is 1. The summed E-state index contributed by atoms with van der Waals surface area (Å²) < 4.78 is 4.86. The van der Waals surface area contributed by atoms with E-state index in [4.69, 9.17) is 22.1 Å². The molecule has 8 heteroatoms. The summed E-state index contributed by atoms with van der Waals surface area (Å²) in [4.78, 5) is 21.4. The highest BCUT2D eigenvalue weighted by Gasteiger charge is 2.24. The number of carbonyl (C=O) groups is 1. The summed E-state index contributed by atoms with van der Waals surface area (Å²) in [5.74, 6) is -0.227. The molecule has 1 atom stereocenters. The number of fused-ring (bicyclic) bond motifs is 1. The lowest BCUT2D eigenvalue weighted by Gasteiger charge is -2.33. The van der Waals surface area contributed by atoms with Gasteiger partial charge in [-0.1, -0.05) is 11.6 Å². The zero-order valence-corrected chi connectivity index (χ0v) is 13.7. The van der Waals surface area contributed by atoms with Crippen LogP contribution in [0.1, 0.15) is 12.8 Å². The highest BCUT2D eigenvalue weighted by atomic mass is 35.5. The van der Waals surface area contributed by atoms with Gasteiger partial charge in [0.25, 0.3) is 0 Å². The van der Waals surface area contributed by atoms with Gasteiger partial charge in [-0.2, -0.15) is 0 Å². The molecule has 1 saturated heterocycles. The molecule has 1 aliphatic heterocycles. The Morgan fingerprint density at radius 1 is 1.65 bits per heavy atom. The van der Waals surface area contributed by atoms with Crippen molar-refractivity contribution in [1.29, 1.82) is 0 Å². The third-order valence-electron chi connectivity index (χ3n) is 3.95. The zero-order chi connectivity index (χ0) is 16.4. The molecule has 0 unspecified atom stereocenters. The number of aromatic amines is 1. The van der Waals surface area contributed by atoms with Crippen molar-refractivity contribution in [2.75, 3.05) is 37.0 Å². The highest BCUT2D eigenvalue weighted by molar-refractivity contribution is 6.35. The average Bonchev–Trinajstić information content (AvgIpc) is 2.90. The summed E-state index contributed by atoms with van der Waals surface area (Å²) in [5, 5.41) is 4.18. The Labute approximate surface area is 139 Å². The van der Waals surface area contributed by atoms with E-state index >= 15 is 0 Å². The predicted octanol–water partition coefficient (Wildman–Crippen LogP) is 1.73. The smallest absolute Gasteiger partial charge is 0.250 e. The zero-order valence-electron chi connectivity index (χ0n) is 12.9. The molecule has 3 rings (SSSR count). The molecule has 2 aromatic heterocycles. The number of carbonyl (C=O) groups excluding carboxylic acids is 1. The van der Waals surface area contributed by atoms with Crippen LogP contribution in [-0.4, -0.2) is 48.7 Å². The molecule has 3 heterocycles. The Kier molecular flexibility index (Phi) is 4.70. The summed E-state index contributed by atoms with van der Waals surface area (Å²) in [6, 6.07) is 0.119. The maximum absolute atomic E-state index is 11.8. The van der Waals surface area contributed by atoms with Crippen LogP contribution in [0.2, 0.25) is 5.02 Å². The highest BCUT2D eigenvalue weighted by Crippen LogP contribution is 2.38. The molecule has 0 spiro atoms. The fourth-order valence-electron chi connectivity index (χ4n) is 2.99. The van der Waals surface area contributed by atoms with E-state index in [0.29, 0.717) is 16.4 Å². The van der Waals surface area contributed by atoms with Crippen molar-refractivity contribution < 1.29 is 9.53 Å². The van der Waals surface area contributed by atoms with Crippen molar-refractivity contribution in [1.82, 2.24) is 9.97 Å². The molecule has 0 bridgehead atoms. The van der Waals surface area contributed by atoms with E-state index in [9.17, 15) is 4.79 Å². The maximum Gasteiger partial charge on any atom is 0.250 e. The number of hydrogen-bond donors (Lipinski definition) is 3. The van der Waals surface area contributed by atoms with Crippen LogP contribution in [-0.2, 0) is 9.53 Å². The first kappa shape index (κ1) is 16.0. The Hall–Kier alpha value is -1.83. The lowest BCUT2D eigenvalue weighted by atomic mass is 10.1. The molecule has 1 aliphatic rings. The van der Waals surface area contributed by atoms with Crippen LogP contribution >= 0.6 is 11.6 Å². The number of piperidine rings is 1. The number of nitrogens with two attached hydrogens (primary N) is 1. The van der Waals surface area contributed by atoms with Crippen LogP contribution in [0.25, 0.3) is 11.0 Å². The molecule has 23 heavy (non-hydrogen) atoms. The predicted molar refractivity (Wildman–Crippen MR) is 91.0 cm³/mol. The van der Waals surface area contributed by atoms with Gasteiger partial charge >= 0.3 is 0 Å². The number of hydrogen-bond acceptors (Lipinski definition) is 5. The molecule has 0 saturated carbocycles. The lowest BCUT2D eigenvalue weighted by Crippen LogP contribution is -2.43. The maximum atomic E-state index is 11.8. The third-order valence-corrected chi connectivity index (χ3v) is 4.23. The largest absolute Gasteiger partial charge is 0.375 e. The summed E-state index contributed by atoms with van der Waals surface area (Å²) in [6.45, 7) is 1.60. The summed E-state index contributed by atoms with van der Waals surface area (Å²) in [5.41, 5.74) is 8.28. The van der Waals surface area contributed by atoms with Crippen LogP contribution < -0.4 is 16.0 Å². The molecule has 124 valence electrons. The van der Waals surface area contributed by atoms with Gasteiger partial charge in [0.15, 0.2) is 0 Å². The Balaban J connectivity index is 2.03. The first-order valence-corrected chi connectivity index (χ1v) is 7.93. The van der Waals surface area contributed by atoms with E-state index in [0.717, 1.165) is 37.0 Å². The van der Waals surface area contributed by atoms with Gasteiger partial charge < -0.3 is 25.7 Å². The van der Waals surface area contributed by atoms with Crippen molar-refractivity contribution in [2.24, 2.45) is 5.73 Å². The fourth-order valence-corrected chi connectivity index (χ4v) is 3.26. The van der Waals surface area contributed by atoms with Crippen LogP contribution in [0.3, 0.4) is 0 Å². The number of amides is 1. The van der Waals surface area contributed by atoms with Crippen LogP contribution in [0.15, 0.2) is 12.4 Å². The molecule has 7 nitrogen and oxygen atoms in total. The van der Waals surface area contributed by atoms with E-state index in [-0.39, 0.29) is 18.6 Å². The van der Waals surface area contributed by atoms with Crippen molar-refractivity contribution in [2.45, 2.75) is 18.9 Å². The van der Waals surface area contributed by atoms with Gasteiger partial charge in [0, 0.05) is 32.4 Å². The topological polar surface area (TPSA) is 96.3 Å². The number of H-pyrrole nitrogens is 1. The first-order chi connectivity index (χ1) is 11.1. The molecule has 1 amide bonds. The molecular formula is C15H20ClN5O2. The molecule has 2 aromatic rings. The van der Waals surface area contributed by atoms with Gasteiger partial charge in [0.2, 0.25) is 5.91 Å². The van der Waals surface area contributed by atoms with Crippen molar-refractivity contribution in [3.63, 3.8) is 0 Å². The van der Waals surface area contributed by atoms with E-state index in [1.807, 2.05) is 0 Å². The monoisotopic (exact) mass is 337 g/mol. The number of rotatable bonds is 4. The van der Waals surface area contributed by atoms with Crippen LogP contribution in [0, 0.1) is 0 Å². The normalized spacial score (nSPS) is 18.4. The van der Waals surface area contributed by atoms with Gasteiger partial charge in [0.1, 0.15) is 12.3 Å². The number of aromatic nitrogens is 2. The second-order valence-corrected chi connectivity index (χ2v) is 6.12. The second-order valence-electron chi connectivity index (χ2n) is 5.71. The standard InChI is InChI=1S/C15H20ClN5O2/c1-23-8-12(22)20-11-6-19-15-13(11)14(10(16)5-18-15)21-4-2-3-9(17)7-21/h5-6,9H,2-4,7-8,17H2,1H3,(H,18,19)(H,20,22)/t9-/m1/s1. The van der Waals surface area contributed by atoms with Crippen molar-refractivity contribution >= 4 is 39.9 Å². The molecular weight excluding hydrogens is 318 g/mol. The fraction of sp³-hybridized carbons (Fsp3) is 0.467. The number of anilines is 2. The Morgan fingerprint density at radius 2 is 2.48 bits per heavy atom. The molecule has 4 N–H and O–H groups in total. The van der Waals surface area contributed by atoms with E-state index in [1.54, 1.807) is 12.4 Å². The summed E-state index contributed by atoms with van der Waals surface area (Å²) >= 11 is 6.41. The average molecular weight is 338 g/mol. The summed E-state index contributed by atoms with van der Waals surface area (Å²) in [7, 11) is 1.48. The minimum atomic E-state index is -0.227. The van der Waals surface area contributed by atoms with Gasteiger partial charge in [-0.05, 0) is 12.8 Å². The number of methoxy groups -OCH3 is 1. The van der Waals surface area contributed by atoms with Crippen molar-refractivity contribution in [3.8, 4) is 0 Å². The van der Waals surface area contributed by atoms with Gasteiger partial charge in [-0.3, -0.25) is 4.79 Å². The van der Waals surface area contributed by atoms with Crippen LogP contribution in [0.5, 0.6) is 0 Å². The molecule has 0 aromatic carbocycles. The number of halogens is 1. The SMILES string of the molecule is COCC(=O)Nc1c[nH]c2ncc(Cl)c(N3CCC[C@@H](N)C3)c12. The summed E-state index contributed by atoms with van der Waals surface area (Å²) in [6.07, 6.45) is 5.36. The molecule has 0 radical (unpaired) electrons. The van der Waals surface area contributed by atoms with E-state index in [1.165, 1.54) is 7.11 Å². The Morgan fingerprint density at radius 3 is 3.22 bits per heavy atom. The number of pyridine rings is 1. The first-order valence-electron chi connectivity index (χ1n) is 7.55. The molecule has 0 aliphatic carbocycles. The number of nitrogens with one attached hydrogen (secondary N) is 2. The lowest BCUT2D eigenvalue weighted by molar-refractivity contribution is -0.119. The molecule has 1 fully saturated rings. The van der Waals surface area contributed by atoms with Crippen molar-refractivity contribution in [3.05, 3.63) is 17.4 Å². The van der Waals surface area contributed by atoms with Gasteiger partial charge in [-0.15, -0.1) is 0 Å². The van der Waals surface area contributed by atoms with Crippen LogP contribution in [0.4, 0.5) is 11.4 Å². The third kappa shape index (κ3) is 3.26. The van der Waals surface area contributed by atoms with E-state index < -0.39 is 0 Å². The minimum absolute atomic E-state index is 0.00934. The van der Waals surface area contributed by atoms with Gasteiger partial charge in [-0.25, -0.2) is 4.98 Å². The quantitative estimate of drug-likeness (QED) is 0.789. The second kappa shape index (κ2) is 6.74. The van der Waals surface area contributed by atoms with Gasteiger partial charge in [0.05, 0.1) is 28.0 Å².